The van der Waals surface area contributed by atoms with Crippen molar-refractivity contribution in [2.75, 3.05) is 23.7 Å². The van der Waals surface area contributed by atoms with Gasteiger partial charge in [0, 0.05) is 47.6 Å². The molecule has 4 N–H and O–H groups in total. The van der Waals surface area contributed by atoms with E-state index in [0.717, 1.165) is 64.4 Å². The van der Waals surface area contributed by atoms with E-state index in [1.165, 1.54) is 16.6 Å². The zero-order valence-corrected chi connectivity index (χ0v) is 20.4. The largest absolute Gasteiger partial charge is 0.382 e. The molecule has 0 unspecified atom stereocenters. The summed E-state index contributed by atoms with van der Waals surface area (Å²) >= 11 is 9.64. The van der Waals surface area contributed by atoms with Gasteiger partial charge in [-0.2, -0.15) is 0 Å². The summed E-state index contributed by atoms with van der Waals surface area (Å²) in [6.07, 6.45) is 10.4. The number of aryl methyl sites for hydroxylation is 1. The Balaban J connectivity index is 1.25. The lowest BCUT2D eigenvalue weighted by Gasteiger charge is -2.42. The molecule has 1 fully saturated rings. The van der Waals surface area contributed by atoms with Crippen LogP contribution in [0.15, 0.2) is 40.6 Å². The minimum atomic E-state index is 0.0251. The predicted molar refractivity (Wildman–Crippen MR) is 132 cm³/mol. The third-order valence-corrected chi connectivity index (χ3v) is 9.38. The number of imidazole rings is 1. The number of hydrogen-bond donors (Lipinski definition) is 2. The molecule has 1 aliphatic carbocycles. The molecule has 2 aliphatic rings. The van der Waals surface area contributed by atoms with E-state index in [0.29, 0.717) is 10.8 Å². The summed E-state index contributed by atoms with van der Waals surface area (Å²) in [4.78, 5) is 23.6. The molecule has 1 saturated heterocycles. The van der Waals surface area contributed by atoms with Crippen LogP contribution in [0.3, 0.4) is 0 Å². The number of pyridine rings is 1. The Morgan fingerprint density at radius 1 is 1.18 bits per heavy atom. The zero-order valence-electron chi connectivity index (χ0n) is 18.0. The molecule has 0 amide bonds. The zero-order chi connectivity index (χ0) is 22.7. The van der Waals surface area contributed by atoms with Gasteiger partial charge in [-0.1, -0.05) is 23.4 Å². The molecule has 4 aromatic heterocycles. The van der Waals surface area contributed by atoms with Crippen molar-refractivity contribution in [3.05, 3.63) is 51.5 Å². The molecule has 1 aliphatic heterocycles. The van der Waals surface area contributed by atoms with E-state index in [1.54, 1.807) is 23.7 Å². The van der Waals surface area contributed by atoms with Gasteiger partial charge in [-0.05, 0) is 37.7 Å². The maximum Gasteiger partial charge on any atom is 0.211 e. The van der Waals surface area contributed by atoms with Crippen LogP contribution in [0.5, 0.6) is 0 Å². The van der Waals surface area contributed by atoms with Gasteiger partial charge in [0.15, 0.2) is 5.65 Å². The highest BCUT2D eigenvalue weighted by molar-refractivity contribution is 7.99. The number of aromatic nitrogens is 5. The minimum Gasteiger partial charge on any atom is -0.382 e. The second-order valence-electron chi connectivity index (χ2n) is 8.70. The molecule has 0 aromatic carbocycles. The minimum absolute atomic E-state index is 0.0251. The maximum absolute atomic E-state index is 6.71. The molecule has 6 rings (SSSR count). The second kappa shape index (κ2) is 7.83. The van der Waals surface area contributed by atoms with E-state index in [9.17, 15) is 0 Å². The monoisotopic (exact) mass is 498 g/mol. The summed E-state index contributed by atoms with van der Waals surface area (Å²) in [6.45, 7) is 3.87. The number of nitrogens with two attached hydrogens (primary N) is 2. The topological polar surface area (TPSA) is 111 Å². The van der Waals surface area contributed by atoms with Gasteiger partial charge < -0.3 is 16.4 Å². The van der Waals surface area contributed by atoms with Crippen molar-refractivity contribution in [1.29, 1.82) is 0 Å². The van der Waals surface area contributed by atoms with Crippen LogP contribution in [-0.4, -0.2) is 37.4 Å². The first-order valence-electron chi connectivity index (χ1n) is 10.8. The number of piperidine rings is 1. The SMILES string of the molecule is Cc1nc2c(s1)CC1(CCN(c3ncc(Sc4ccnc(N)c4Cl)c4nccn34)CC1)[C@@H]2N. The lowest BCUT2D eigenvalue weighted by atomic mass is 9.74. The second-order valence-corrected chi connectivity index (χ2v) is 11.4. The van der Waals surface area contributed by atoms with Gasteiger partial charge in [-0.25, -0.2) is 19.9 Å². The van der Waals surface area contributed by atoms with E-state index >= 15 is 0 Å². The summed E-state index contributed by atoms with van der Waals surface area (Å²) < 4.78 is 2.05. The van der Waals surface area contributed by atoms with Gasteiger partial charge in [0.1, 0.15) is 5.82 Å². The molecule has 8 nitrogen and oxygen atoms in total. The predicted octanol–water partition coefficient (Wildman–Crippen LogP) is 4.12. The van der Waals surface area contributed by atoms with E-state index in [2.05, 4.69) is 26.2 Å². The van der Waals surface area contributed by atoms with E-state index in [1.807, 2.05) is 18.5 Å². The van der Waals surface area contributed by atoms with Gasteiger partial charge in [0.2, 0.25) is 5.95 Å². The van der Waals surface area contributed by atoms with Crippen LogP contribution in [0.4, 0.5) is 11.8 Å². The molecule has 5 heterocycles. The number of thiazole rings is 1. The first-order chi connectivity index (χ1) is 15.9. The number of nitrogen functional groups attached to an aromatic ring is 1. The Kier molecular flexibility index (Phi) is 5.02. The van der Waals surface area contributed by atoms with Crippen molar-refractivity contribution >= 4 is 52.1 Å². The Morgan fingerprint density at radius 3 is 2.79 bits per heavy atom. The molecule has 170 valence electrons. The number of fused-ring (bicyclic) bond motifs is 2. The van der Waals surface area contributed by atoms with E-state index in [4.69, 9.17) is 33.0 Å². The Labute approximate surface area is 204 Å². The van der Waals surface area contributed by atoms with Crippen LogP contribution in [0.1, 0.15) is 34.5 Å². The van der Waals surface area contributed by atoms with E-state index in [-0.39, 0.29) is 11.5 Å². The molecule has 1 atom stereocenters. The van der Waals surface area contributed by atoms with Crippen LogP contribution in [-0.2, 0) is 6.42 Å². The Hall–Kier alpha value is -2.40. The molecular weight excluding hydrogens is 476 g/mol. The van der Waals surface area contributed by atoms with Gasteiger partial charge in [-0.15, -0.1) is 11.3 Å². The number of anilines is 2. The highest BCUT2D eigenvalue weighted by Crippen LogP contribution is 2.52. The first-order valence-corrected chi connectivity index (χ1v) is 12.8. The van der Waals surface area contributed by atoms with Crippen LogP contribution >= 0.6 is 34.7 Å². The molecular formula is C22H23ClN8S2. The number of hydrogen-bond acceptors (Lipinski definition) is 9. The van der Waals surface area contributed by atoms with Gasteiger partial charge in [0.05, 0.1) is 26.7 Å². The van der Waals surface area contributed by atoms with Crippen LogP contribution in [0.25, 0.3) is 5.65 Å². The average Bonchev–Trinajstić information content (AvgIpc) is 3.49. The fourth-order valence-corrected chi connectivity index (χ4v) is 7.32. The lowest BCUT2D eigenvalue weighted by Crippen LogP contribution is -2.45. The van der Waals surface area contributed by atoms with Crippen LogP contribution < -0.4 is 16.4 Å². The molecule has 0 radical (unpaired) electrons. The highest BCUT2D eigenvalue weighted by Gasteiger charge is 2.48. The maximum atomic E-state index is 6.71. The normalized spacial score (nSPS) is 19.5. The van der Waals surface area contributed by atoms with Gasteiger partial charge in [0.25, 0.3) is 0 Å². The van der Waals surface area contributed by atoms with Crippen LogP contribution in [0, 0.1) is 12.3 Å². The quantitative estimate of drug-likeness (QED) is 0.434. The van der Waals surface area contributed by atoms with Crippen molar-refractivity contribution in [2.45, 2.75) is 42.0 Å². The van der Waals surface area contributed by atoms with Crippen LogP contribution in [0.2, 0.25) is 5.02 Å². The fraction of sp³-hybridized carbons (Fsp3) is 0.364. The summed E-state index contributed by atoms with van der Waals surface area (Å²) in [5.41, 5.74) is 14.7. The summed E-state index contributed by atoms with van der Waals surface area (Å²) in [5, 5.41) is 1.56. The molecule has 33 heavy (non-hydrogen) atoms. The average molecular weight is 499 g/mol. The third kappa shape index (κ3) is 3.39. The van der Waals surface area contributed by atoms with Crippen molar-refractivity contribution in [3.63, 3.8) is 0 Å². The van der Waals surface area contributed by atoms with Crippen molar-refractivity contribution < 1.29 is 0 Å². The molecule has 0 bridgehead atoms. The van der Waals surface area contributed by atoms with Crippen molar-refractivity contribution in [2.24, 2.45) is 11.1 Å². The highest BCUT2D eigenvalue weighted by atomic mass is 35.5. The molecule has 1 spiro atoms. The molecule has 4 aromatic rings. The summed E-state index contributed by atoms with van der Waals surface area (Å²) in [6, 6.07) is 1.87. The first kappa shape index (κ1) is 21.2. The summed E-state index contributed by atoms with van der Waals surface area (Å²) in [5.74, 6) is 1.22. The van der Waals surface area contributed by atoms with Crippen molar-refractivity contribution in [1.82, 2.24) is 24.3 Å². The standard InChI is InChI=1S/C22H23ClN8S2/c1-12-29-17-14(32-12)10-22(18(17)24)3-7-30(8-4-22)21-28-11-15(20-27-6-9-31(20)21)33-13-2-5-26-19(25)16(13)23/h2,5-6,9,11,18H,3-4,7-8,10,24H2,1H3,(H2,25,26)/t18-/m1/s1. The third-order valence-electron chi connectivity index (χ3n) is 6.82. The Morgan fingerprint density at radius 2 is 2.00 bits per heavy atom. The number of rotatable bonds is 3. The lowest BCUT2D eigenvalue weighted by molar-refractivity contribution is 0.185. The Bertz CT molecular complexity index is 1360. The number of nitrogens with zero attached hydrogens (tertiary/aromatic N) is 6. The van der Waals surface area contributed by atoms with Gasteiger partial charge >= 0.3 is 0 Å². The smallest absolute Gasteiger partial charge is 0.211 e. The van der Waals surface area contributed by atoms with Gasteiger partial charge in [-0.3, -0.25) is 4.40 Å². The summed E-state index contributed by atoms with van der Waals surface area (Å²) in [7, 11) is 0. The fourth-order valence-electron chi connectivity index (χ4n) is 5.04. The molecule has 0 saturated carbocycles. The van der Waals surface area contributed by atoms with E-state index < -0.39 is 0 Å². The molecule has 11 heteroatoms. The van der Waals surface area contributed by atoms with Crippen molar-refractivity contribution in [3.8, 4) is 0 Å². The number of halogens is 1.